The number of carbonyl (C=O) groups excluding carboxylic acids is 1. The maximum absolute atomic E-state index is 13.5. The summed E-state index contributed by atoms with van der Waals surface area (Å²) in [5.74, 6) is -0.709. The largest absolute Gasteiger partial charge is 0.494 e. The van der Waals surface area contributed by atoms with Crippen molar-refractivity contribution in [1.29, 1.82) is 0 Å². The lowest BCUT2D eigenvalue weighted by Gasteiger charge is -2.18. The number of aromatic nitrogens is 3. The number of hydrogen-bond acceptors (Lipinski definition) is 4. The number of rotatable bonds is 3. The Morgan fingerprint density at radius 2 is 2.17 bits per heavy atom. The van der Waals surface area contributed by atoms with Crippen LogP contribution in [-0.2, 0) is 0 Å². The van der Waals surface area contributed by atoms with Gasteiger partial charge in [-0.2, -0.15) is 0 Å². The molecule has 0 unspecified atom stereocenters. The Labute approximate surface area is 132 Å². The molecule has 0 saturated carbocycles. The highest BCUT2D eigenvalue weighted by Gasteiger charge is 2.18. The van der Waals surface area contributed by atoms with Crippen LogP contribution in [0.3, 0.4) is 0 Å². The first-order valence-corrected chi connectivity index (χ1v) is 6.93. The summed E-state index contributed by atoms with van der Waals surface area (Å²) in [5, 5.41) is 0. The number of halogens is 1. The second kappa shape index (κ2) is 5.68. The van der Waals surface area contributed by atoms with Gasteiger partial charge in [-0.15, -0.1) is 0 Å². The molecular weight excluding hydrogens is 299 g/mol. The van der Waals surface area contributed by atoms with Gasteiger partial charge in [-0.25, -0.2) is 14.4 Å². The van der Waals surface area contributed by atoms with E-state index in [0.29, 0.717) is 17.0 Å². The predicted molar refractivity (Wildman–Crippen MR) is 83.4 cm³/mol. The lowest BCUT2D eigenvalue weighted by molar-refractivity contribution is 0.0987. The van der Waals surface area contributed by atoms with Gasteiger partial charge >= 0.3 is 0 Å². The van der Waals surface area contributed by atoms with Gasteiger partial charge in [-0.05, 0) is 19.1 Å². The number of amides is 1. The standard InChI is InChI=1S/C16H15FN4O2/c1-10-15-18-6-7-21(15)9-13(19-10)16(22)20(2)11-4-5-12(17)14(8-11)23-3/h4-9H,1-3H3. The van der Waals surface area contributed by atoms with Gasteiger partial charge in [0.15, 0.2) is 17.2 Å². The van der Waals surface area contributed by atoms with Crippen LogP contribution in [0, 0.1) is 12.7 Å². The molecule has 0 spiro atoms. The summed E-state index contributed by atoms with van der Waals surface area (Å²) in [4.78, 5) is 22.5. The molecule has 6 nitrogen and oxygen atoms in total. The Bertz CT molecular complexity index is 891. The molecule has 0 aliphatic carbocycles. The molecule has 0 N–H and O–H groups in total. The number of aryl methyl sites for hydroxylation is 1. The second-order valence-electron chi connectivity index (χ2n) is 5.05. The van der Waals surface area contributed by atoms with Crippen molar-refractivity contribution in [2.45, 2.75) is 6.92 Å². The Kier molecular flexibility index (Phi) is 3.69. The summed E-state index contributed by atoms with van der Waals surface area (Å²) in [7, 11) is 2.98. The molecule has 1 aromatic carbocycles. The van der Waals surface area contributed by atoms with E-state index < -0.39 is 5.82 Å². The zero-order valence-electron chi connectivity index (χ0n) is 12.9. The number of nitrogens with zero attached hydrogens (tertiary/aromatic N) is 4. The van der Waals surface area contributed by atoms with Gasteiger partial charge in [-0.1, -0.05) is 0 Å². The molecule has 0 atom stereocenters. The summed E-state index contributed by atoms with van der Waals surface area (Å²) in [6, 6.07) is 4.24. The minimum atomic E-state index is -0.481. The van der Waals surface area contributed by atoms with E-state index >= 15 is 0 Å². The predicted octanol–water partition coefficient (Wildman–Crippen LogP) is 2.46. The van der Waals surface area contributed by atoms with Crippen LogP contribution in [0.2, 0.25) is 0 Å². The third kappa shape index (κ3) is 2.61. The maximum Gasteiger partial charge on any atom is 0.278 e. The normalized spacial score (nSPS) is 10.8. The third-order valence-corrected chi connectivity index (χ3v) is 3.59. The second-order valence-corrected chi connectivity index (χ2v) is 5.05. The van der Waals surface area contributed by atoms with E-state index in [1.54, 1.807) is 37.0 Å². The van der Waals surface area contributed by atoms with Crippen LogP contribution >= 0.6 is 0 Å². The van der Waals surface area contributed by atoms with Crippen molar-refractivity contribution in [2.24, 2.45) is 0 Å². The molecular formula is C16H15FN4O2. The number of hydrogen-bond donors (Lipinski definition) is 0. The van der Waals surface area contributed by atoms with Crippen molar-refractivity contribution in [3.05, 3.63) is 54.0 Å². The van der Waals surface area contributed by atoms with E-state index in [9.17, 15) is 9.18 Å². The molecule has 0 radical (unpaired) electrons. The van der Waals surface area contributed by atoms with Gasteiger partial charge in [0.2, 0.25) is 0 Å². The van der Waals surface area contributed by atoms with Crippen LogP contribution in [0.5, 0.6) is 5.75 Å². The van der Waals surface area contributed by atoms with Crippen LogP contribution in [0.4, 0.5) is 10.1 Å². The van der Waals surface area contributed by atoms with E-state index in [1.807, 2.05) is 0 Å². The van der Waals surface area contributed by atoms with Gasteiger partial charge in [0.1, 0.15) is 5.69 Å². The molecule has 3 aromatic rings. The van der Waals surface area contributed by atoms with Crippen LogP contribution in [0.25, 0.3) is 5.65 Å². The minimum absolute atomic E-state index is 0.0800. The van der Waals surface area contributed by atoms with E-state index in [1.165, 1.54) is 30.2 Å². The van der Waals surface area contributed by atoms with Crippen LogP contribution in [0.15, 0.2) is 36.8 Å². The number of benzene rings is 1. The fourth-order valence-corrected chi connectivity index (χ4v) is 2.34. The van der Waals surface area contributed by atoms with Gasteiger partial charge < -0.3 is 14.0 Å². The molecule has 23 heavy (non-hydrogen) atoms. The number of carbonyl (C=O) groups is 1. The van der Waals surface area contributed by atoms with Crippen molar-refractivity contribution in [1.82, 2.24) is 14.4 Å². The van der Waals surface area contributed by atoms with Gasteiger partial charge in [0.25, 0.3) is 5.91 Å². The van der Waals surface area contributed by atoms with Gasteiger partial charge in [-0.3, -0.25) is 4.79 Å². The van der Waals surface area contributed by atoms with E-state index in [-0.39, 0.29) is 17.4 Å². The number of fused-ring (bicyclic) bond motifs is 1. The van der Waals surface area contributed by atoms with Gasteiger partial charge in [0, 0.05) is 37.4 Å². The number of methoxy groups -OCH3 is 1. The van der Waals surface area contributed by atoms with Crippen molar-refractivity contribution in [3.63, 3.8) is 0 Å². The summed E-state index contributed by atoms with van der Waals surface area (Å²) >= 11 is 0. The first kappa shape index (κ1) is 15.0. The third-order valence-electron chi connectivity index (χ3n) is 3.59. The molecule has 2 aromatic heterocycles. The molecule has 0 bridgehead atoms. The molecule has 0 aliphatic heterocycles. The van der Waals surface area contributed by atoms with E-state index in [0.717, 1.165) is 0 Å². The maximum atomic E-state index is 13.5. The topological polar surface area (TPSA) is 59.7 Å². The monoisotopic (exact) mass is 314 g/mol. The molecule has 2 heterocycles. The molecule has 118 valence electrons. The van der Waals surface area contributed by atoms with Crippen molar-refractivity contribution in [3.8, 4) is 5.75 Å². The zero-order valence-corrected chi connectivity index (χ0v) is 12.9. The lowest BCUT2D eigenvalue weighted by atomic mass is 10.2. The lowest BCUT2D eigenvalue weighted by Crippen LogP contribution is -2.27. The van der Waals surface area contributed by atoms with Crippen LogP contribution < -0.4 is 9.64 Å². The highest BCUT2D eigenvalue weighted by atomic mass is 19.1. The van der Waals surface area contributed by atoms with Crippen molar-refractivity contribution in [2.75, 3.05) is 19.1 Å². The van der Waals surface area contributed by atoms with Crippen LogP contribution in [0.1, 0.15) is 16.2 Å². The zero-order chi connectivity index (χ0) is 16.6. The quantitative estimate of drug-likeness (QED) is 0.745. The van der Waals surface area contributed by atoms with E-state index in [2.05, 4.69) is 9.97 Å². The van der Waals surface area contributed by atoms with Gasteiger partial charge in [0.05, 0.1) is 12.8 Å². The Morgan fingerprint density at radius 3 is 2.91 bits per heavy atom. The fraction of sp³-hybridized carbons (Fsp3) is 0.188. The van der Waals surface area contributed by atoms with Crippen molar-refractivity contribution < 1.29 is 13.9 Å². The summed E-state index contributed by atoms with van der Waals surface area (Å²) < 4.78 is 20.2. The average molecular weight is 314 g/mol. The smallest absolute Gasteiger partial charge is 0.278 e. The summed E-state index contributed by atoms with van der Waals surface area (Å²) in [6.45, 7) is 1.79. The first-order valence-electron chi connectivity index (χ1n) is 6.93. The first-order chi connectivity index (χ1) is 11.0. The Hall–Kier alpha value is -2.96. The minimum Gasteiger partial charge on any atom is -0.494 e. The number of imidazole rings is 1. The Balaban J connectivity index is 1.97. The number of anilines is 1. The Morgan fingerprint density at radius 1 is 1.39 bits per heavy atom. The average Bonchev–Trinajstić information content (AvgIpc) is 3.03. The molecule has 0 saturated heterocycles. The molecule has 0 aliphatic rings. The SMILES string of the molecule is COc1cc(N(C)C(=O)c2cn3ccnc3c(C)n2)ccc1F. The number of ether oxygens (including phenoxy) is 1. The molecule has 0 fully saturated rings. The highest BCUT2D eigenvalue weighted by molar-refractivity contribution is 6.04. The molecule has 7 heteroatoms. The van der Waals surface area contributed by atoms with E-state index in [4.69, 9.17) is 4.74 Å². The molecule has 3 rings (SSSR count). The fourth-order valence-electron chi connectivity index (χ4n) is 2.34. The summed E-state index contributed by atoms with van der Waals surface area (Å²) in [5.41, 5.74) is 2.15. The molecule has 1 amide bonds. The van der Waals surface area contributed by atoms with Crippen LogP contribution in [-0.4, -0.2) is 34.4 Å². The highest BCUT2D eigenvalue weighted by Crippen LogP contribution is 2.24. The van der Waals surface area contributed by atoms with Crippen molar-refractivity contribution >= 4 is 17.2 Å². The summed E-state index contributed by atoms with van der Waals surface area (Å²) in [6.07, 6.45) is 5.02.